The van der Waals surface area contributed by atoms with Gasteiger partial charge in [-0.05, 0) is 33.6 Å². The lowest BCUT2D eigenvalue weighted by atomic mass is 10.1. The molecule has 18 heavy (non-hydrogen) atoms. The van der Waals surface area contributed by atoms with E-state index >= 15 is 0 Å². The fourth-order valence-corrected chi connectivity index (χ4v) is 1.06. The fourth-order valence-electron chi connectivity index (χ4n) is 1.06. The second-order valence-corrected chi connectivity index (χ2v) is 5.26. The number of ether oxygens (including phenoxy) is 2. The molecule has 5 nitrogen and oxygen atoms in total. The van der Waals surface area contributed by atoms with Gasteiger partial charge in [-0.3, -0.25) is 4.79 Å². The Kier molecular flexibility index (Phi) is 7.39. The minimum atomic E-state index is -0.493. The minimum Gasteiger partial charge on any atom is -0.465 e. The van der Waals surface area contributed by atoms with Gasteiger partial charge in [0, 0.05) is 6.54 Å². The molecule has 0 saturated heterocycles. The van der Waals surface area contributed by atoms with Crippen LogP contribution in [0.25, 0.3) is 0 Å². The zero-order valence-electron chi connectivity index (χ0n) is 12.0. The highest BCUT2D eigenvalue weighted by molar-refractivity contribution is 5.71. The summed E-state index contributed by atoms with van der Waals surface area (Å²) in [5, 5.41) is 2.60. The Hall–Kier alpha value is -1.26. The number of esters is 1. The van der Waals surface area contributed by atoms with Gasteiger partial charge in [0.05, 0.1) is 12.5 Å². The van der Waals surface area contributed by atoms with E-state index in [1.54, 1.807) is 20.8 Å². The van der Waals surface area contributed by atoms with Gasteiger partial charge < -0.3 is 14.8 Å². The van der Waals surface area contributed by atoms with E-state index < -0.39 is 11.7 Å². The number of carbonyl (C=O) groups is 2. The summed E-state index contributed by atoms with van der Waals surface area (Å²) in [5.41, 5.74) is -0.493. The monoisotopic (exact) mass is 259 g/mol. The Labute approximate surface area is 109 Å². The molecule has 0 bridgehead atoms. The van der Waals surface area contributed by atoms with E-state index in [0.29, 0.717) is 19.6 Å². The first-order valence-corrected chi connectivity index (χ1v) is 6.39. The predicted octanol–water partition coefficient (Wildman–Crippen LogP) is 2.49. The first kappa shape index (κ1) is 16.7. The van der Waals surface area contributed by atoms with Crippen molar-refractivity contribution in [2.75, 3.05) is 13.2 Å². The third-order valence-corrected chi connectivity index (χ3v) is 2.25. The second-order valence-electron chi connectivity index (χ2n) is 5.26. The summed E-state index contributed by atoms with van der Waals surface area (Å²) in [5.74, 6) is -0.251. The average Bonchev–Trinajstić information content (AvgIpc) is 2.24. The zero-order chi connectivity index (χ0) is 14.2. The molecule has 0 saturated carbocycles. The molecule has 1 unspecified atom stereocenters. The fraction of sp³-hybridized carbons (Fsp3) is 0.846. The molecule has 0 heterocycles. The number of hydrogen-bond donors (Lipinski definition) is 1. The van der Waals surface area contributed by atoms with E-state index in [1.165, 1.54) is 0 Å². The summed E-state index contributed by atoms with van der Waals surface area (Å²) in [7, 11) is 0. The number of alkyl carbamates (subject to hydrolysis) is 1. The van der Waals surface area contributed by atoms with Crippen LogP contribution >= 0.6 is 0 Å². The molecule has 0 aliphatic heterocycles. The molecule has 1 atom stereocenters. The summed E-state index contributed by atoms with van der Waals surface area (Å²) >= 11 is 0. The van der Waals surface area contributed by atoms with Crippen molar-refractivity contribution in [2.45, 2.75) is 53.1 Å². The van der Waals surface area contributed by atoms with Crippen LogP contribution in [0.5, 0.6) is 0 Å². The maximum atomic E-state index is 11.3. The number of hydrogen-bond acceptors (Lipinski definition) is 4. The summed E-state index contributed by atoms with van der Waals surface area (Å²) < 4.78 is 10.1. The normalized spacial score (nSPS) is 12.7. The average molecular weight is 259 g/mol. The maximum absolute atomic E-state index is 11.3. The summed E-state index contributed by atoms with van der Waals surface area (Å²) in [6, 6.07) is 0. The quantitative estimate of drug-likeness (QED) is 0.588. The van der Waals surface area contributed by atoms with Crippen molar-refractivity contribution in [1.82, 2.24) is 5.32 Å². The molecule has 0 aromatic heterocycles. The Balaban J connectivity index is 3.57. The van der Waals surface area contributed by atoms with E-state index in [9.17, 15) is 9.59 Å². The molecular weight excluding hydrogens is 234 g/mol. The number of amides is 1. The molecular formula is C13H25NO4. The van der Waals surface area contributed by atoms with Gasteiger partial charge in [-0.1, -0.05) is 13.8 Å². The zero-order valence-corrected chi connectivity index (χ0v) is 12.0. The molecule has 1 amide bonds. The van der Waals surface area contributed by atoms with Crippen LogP contribution < -0.4 is 5.32 Å². The first-order chi connectivity index (χ1) is 8.26. The van der Waals surface area contributed by atoms with E-state index in [4.69, 9.17) is 9.47 Å². The van der Waals surface area contributed by atoms with E-state index in [2.05, 4.69) is 5.32 Å². The summed E-state index contributed by atoms with van der Waals surface area (Å²) in [4.78, 5) is 22.6. The molecule has 0 fully saturated rings. The Morgan fingerprint density at radius 2 is 1.89 bits per heavy atom. The van der Waals surface area contributed by atoms with Crippen molar-refractivity contribution >= 4 is 12.1 Å². The smallest absolute Gasteiger partial charge is 0.407 e. The molecule has 0 aromatic rings. The van der Waals surface area contributed by atoms with Gasteiger partial charge >= 0.3 is 12.1 Å². The van der Waals surface area contributed by atoms with Crippen molar-refractivity contribution in [3.05, 3.63) is 0 Å². The Morgan fingerprint density at radius 1 is 1.28 bits per heavy atom. The molecule has 0 aliphatic rings. The molecule has 1 N–H and O–H groups in total. The van der Waals surface area contributed by atoms with Crippen LogP contribution in [0.3, 0.4) is 0 Å². The lowest BCUT2D eigenvalue weighted by molar-refractivity contribution is -0.148. The standard InChI is InChI=1S/C13H25NO4/c1-6-10(2)11(15)17-9-7-8-14-12(16)18-13(3,4)5/h10H,6-9H2,1-5H3,(H,14,16). The Morgan fingerprint density at radius 3 is 2.39 bits per heavy atom. The van der Waals surface area contributed by atoms with Crippen LogP contribution in [-0.2, 0) is 14.3 Å². The predicted molar refractivity (Wildman–Crippen MR) is 69.3 cm³/mol. The number of carbonyl (C=O) groups excluding carboxylic acids is 2. The summed E-state index contributed by atoms with van der Waals surface area (Å²) in [6.45, 7) is 9.94. The Bertz CT molecular complexity index is 271. The van der Waals surface area contributed by atoms with Gasteiger partial charge in [0.2, 0.25) is 0 Å². The third kappa shape index (κ3) is 8.84. The van der Waals surface area contributed by atoms with Gasteiger partial charge in [0.15, 0.2) is 0 Å². The number of rotatable bonds is 6. The largest absolute Gasteiger partial charge is 0.465 e. The van der Waals surface area contributed by atoms with Crippen LogP contribution in [0.1, 0.15) is 47.5 Å². The lowest BCUT2D eigenvalue weighted by Gasteiger charge is -2.19. The molecule has 0 rings (SSSR count). The first-order valence-electron chi connectivity index (χ1n) is 6.39. The van der Waals surface area contributed by atoms with Gasteiger partial charge in [0.1, 0.15) is 5.60 Å². The highest BCUT2D eigenvalue weighted by Gasteiger charge is 2.15. The number of nitrogens with one attached hydrogen (secondary N) is 1. The third-order valence-electron chi connectivity index (χ3n) is 2.25. The van der Waals surface area contributed by atoms with E-state index in [1.807, 2.05) is 13.8 Å². The van der Waals surface area contributed by atoms with Crippen molar-refractivity contribution < 1.29 is 19.1 Å². The van der Waals surface area contributed by atoms with Gasteiger partial charge in [-0.25, -0.2) is 4.79 Å². The van der Waals surface area contributed by atoms with Crippen molar-refractivity contribution in [1.29, 1.82) is 0 Å². The van der Waals surface area contributed by atoms with Gasteiger partial charge in [-0.15, -0.1) is 0 Å². The topological polar surface area (TPSA) is 64.6 Å². The van der Waals surface area contributed by atoms with Crippen molar-refractivity contribution in [2.24, 2.45) is 5.92 Å². The second kappa shape index (κ2) is 7.95. The molecule has 5 heteroatoms. The summed E-state index contributed by atoms with van der Waals surface area (Å²) in [6.07, 6.45) is 0.909. The highest BCUT2D eigenvalue weighted by Crippen LogP contribution is 2.06. The maximum Gasteiger partial charge on any atom is 0.407 e. The molecule has 0 aliphatic carbocycles. The molecule has 0 aromatic carbocycles. The van der Waals surface area contributed by atoms with E-state index in [0.717, 1.165) is 6.42 Å². The van der Waals surface area contributed by atoms with Crippen LogP contribution in [0.2, 0.25) is 0 Å². The lowest BCUT2D eigenvalue weighted by Crippen LogP contribution is -2.33. The van der Waals surface area contributed by atoms with Crippen molar-refractivity contribution in [3.63, 3.8) is 0 Å². The highest BCUT2D eigenvalue weighted by atomic mass is 16.6. The van der Waals surface area contributed by atoms with E-state index in [-0.39, 0.29) is 11.9 Å². The molecule has 106 valence electrons. The van der Waals surface area contributed by atoms with Crippen LogP contribution in [0, 0.1) is 5.92 Å². The van der Waals surface area contributed by atoms with Crippen LogP contribution in [0.15, 0.2) is 0 Å². The van der Waals surface area contributed by atoms with Crippen LogP contribution in [-0.4, -0.2) is 30.8 Å². The molecule has 0 spiro atoms. The SMILES string of the molecule is CCC(C)C(=O)OCCCNC(=O)OC(C)(C)C. The van der Waals surface area contributed by atoms with Crippen LogP contribution in [0.4, 0.5) is 4.79 Å². The van der Waals surface area contributed by atoms with Crippen molar-refractivity contribution in [3.8, 4) is 0 Å². The minimum absolute atomic E-state index is 0.0659. The van der Waals surface area contributed by atoms with Gasteiger partial charge in [-0.2, -0.15) is 0 Å². The molecule has 0 radical (unpaired) electrons. The van der Waals surface area contributed by atoms with Gasteiger partial charge in [0.25, 0.3) is 0 Å².